The second kappa shape index (κ2) is 5.21. The van der Waals surface area contributed by atoms with E-state index < -0.39 is 51.3 Å². The Kier molecular flexibility index (Phi) is 4.25. The second-order valence-electron chi connectivity index (χ2n) is 3.59. The van der Waals surface area contributed by atoms with Crippen molar-refractivity contribution in [3.8, 4) is 11.5 Å². The summed E-state index contributed by atoms with van der Waals surface area (Å²) in [5.41, 5.74) is 0. The fourth-order valence-electron chi connectivity index (χ4n) is 1.11. The molecular weight excluding hydrogens is 296 g/mol. The van der Waals surface area contributed by atoms with Crippen LogP contribution in [0.25, 0.3) is 0 Å². The first-order chi connectivity index (χ1) is 8.54. The maximum atomic E-state index is 13.4. The summed E-state index contributed by atoms with van der Waals surface area (Å²) in [5.74, 6) is -11.5. The zero-order chi connectivity index (χ0) is 15.0. The number of rotatable bonds is 4. The van der Waals surface area contributed by atoms with E-state index in [2.05, 4.69) is 8.92 Å². The molecule has 0 atom stereocenters. The van der Waals surface area contributed by atoms with Gasteiger partial charge in [-0.25, -0.2) is 0 Å². The number of ether oxygens (including phenoxy) is 1. The molecule has 0 aromatic heterocycles. The minimum Gasteiger partial charge on any atom is -0.485 e. The van der Waals surface area contributed by atoms with E-state index in [-0.39, 0.29) is 0 Å². The smallest absolute Gasteiger partial charge is 0.446 e. The predicted molar refractivity (Wildman–Crippen MR) is 54.2 cm³/mol. The van der Waals surface area contributed by atoms with Crippen LogP contribution in [-0.4, -0.2) is 19.1 Å². The lowest BCUT2D eigenvalue weighted by Crippen LogP contribution is -2.15. The number of hydrogen-bond donors (Lipinski definition) is 1. The van der Waals surface area contributed by atoms with Crippen LogP contribution >= 0.6 is 0 Å². The first kappa shape index (κ1) is 15.5. The molecule has 5 nitrogen and oxygen atoms in total. The molecule has 1 rings (SSSR count). The van der Waals surface area contributed by atoms with Crippen LogP contribution in [0.15, 0.2) is 0 Å². The molecule has 0 radical (unpaired) electrons. The Bertz CT molecular complexity index is 570. The van der Waals surface area contributed by atoms with Gasteiger partial charge in [0.1, 0.15) is 0 Å². The molecule has 10 heteroatoms. The normalized spacial score (nSPS) is 11.8. The van der Waals surface area contributed by atoms with E-state index in [1.165, 1.54) is 13.8 Å². The Hall–Kier alpha value is -1.55. The third-order valence-electron chi connectivity index (χ3n) is 1.73. The van der Waals surface area contributed by atoms with Crippen molar-refractivity contribution in [1.29, 1.82) is 0 Å². The van der Waals surface area contributed by atoms with Crippen LogP contribution in [-0.2, 0) is 10.4 Å². The quantitative estimate of drug-likeness (QED) is 0.524. The summed E-state index contributed by atoms with van der Waals surface area (Å²) in [6.07, 6.45) is -0.795. The van der Waals surface area contributed by atoms with Gasteiger partial charge in [0.25, 0.3) is 0 Å². The first-order valence-electron chi connectivity index (χ1n) is 4.74. The second-order valence-corrected chi connectivity index (χ2v) is 4.61. The summed E-state index contributed by atoms with van der Waals surface area (Å²) in [7, 11) is -5.35. The average Bonchev–Trinajstić information content (AvgIpc) is 2.26. The minimum absolute atomic E-state index is 0.795. The van der Waals surface area contributed by atoms with Gasteiger partial charge in [0.15, 0.2) is 5.75 Å². The van der Waals surface area contributed by atoms with Crippen LogP contribution in [0.5, 0.6) is 11.5 Å². The molecule has 0 fully saturated rings. The molecule has 0 saturated heterocycles. The van der Waals surface area contributed by atoms with E-state index >= 15 is 0 Å². The zero-order valence-corrected chi connectivity index (χ0v) is 10.4. The molecule has 108 valence electrons. The average molecular weight is 304 g/mol. The van der Waals surface area contributed by atoms with E-state index in [0.717, 1.165) is 0 Å². The summed E-state index contributed by atoms with van der Waals surface area (Å²) >= 11 is 0. The lowest BCUT2D eigenvalue weighted by Gasteiger charge is -2.14. The molecule has 0 unspecified atom stereocenters. The van der Waals surface area contributed by atoms with E-state index in [9.17, 15) is 26.0 Å². The Balaban J connectivity index is 3.47. The van der Waals surface area contributed by atoms with Gasteiger partial charge in [0.05, 0.1) is 6.10 Å². The molecule has 0 amide bonds. The van der Waals surface area contributed by atoms with Gasteiger partial charge >= 0.3 is 10.4 Å². The van der Waals surface area contributed by atoms with Gasteiger partial charge in [-0.2, -0.15) is 26.0 Å². The largest absolute Gasteiger partial charge is 0.485 e. The highest BCUT2D eigenvalue weighted by Gasteiger charge is 2.30. The molecule has 0 spiro atoms. The number of halogens is 4. The predicted octanol–water partition coefficient (Wildman–Crippen LogP) is 2.21. The van der Waals surface area contributed by atoms with E-state index in [4.69, 9.17) is 4.55 Å². The van der Waals surface area contributed by atoms with Gasteiger partial charge in [-0.1, -0.05) is 0 Å². The van der Waals surface area contributed by atoms with Gasteiger partial charge in [-0.3, -0.25) is 4.55 Å². The van der Waals surface area contributed by atoms with Gasteiger partial charge in [0.2, 0.25) is 29.0 Å². The lowest BCUT2D eigenvalue weighted by atomic mass is 10.2. The zero-order valence-electron chi connectivity index (χ0n) is 9.58. The standard InChI is InChI=1S/C9H8F4O5S/c1-3(2)17-8-4(10)6(12)9(7(13)5(8)11)18-19(14,15)16/h3H,1-2H3,(H,14,15,16). The topological polar surface area (TPSA) is 72.8 Å². The molecule has 0 bridgehead atoms. The Morgan fingerprint density at radius 3 is 1.63 bits per heavy atom. The summed E-state index contributed by atoms with van der Waals surface area (Å²) in [4.78, 5) is 0. The molecule has 19 heavy (non-hydrogen) atoms. The van der Waals surface area contributed by atoms with Crippen molar-refractivity contribution in [2.45, 2.75) is 20.0 Å². The molecular formula is C9H8F4O5S. The van der Waals surface area contributed by atoms with E-state index in [1.54, 1.807) is 0 Å². The molecule has 0 saturated carbocycles. The lowest BCUT2D eigenvalue weighted by molar-refractivity contribution is 0.209. The van der Waals surface area contributed by atoms with Crippen molar-refractivity contribution in [1.82, 2.24) is 0 Å². The summed E-state index contributed by atoms with van der Waals surface area (Å²) in [6.45, 7) is 2.69. The summed E-state index contributed by atoms with van der Waals surface area (Å²) < 4.78 is 90.2. The SMILES string of the molecule is CC(C)Oc1c(F)c(F)c(OS(=O)(=O)O)c(F)c1F. The Morgan fingerprint density at radius 2 is 1.32 bits per heavy atom. The molecule has 1 N–H and O–H groups in total. The summed E-state index contributed by atoms with van der Waals surface area (Å²) in [6, 6.07) is 0. The molecule has 0 aliphatic heterocycles. The van der Waals surface area contributed by atoms with Crippen LogP contribution in [0.4, 0.5) is 17.6 Å². The molecule has 0 aliphatic rings. The maximum Gasteiger partial charge on any atom is 0.446 e. The van der Waals surface area contributed by atoms with Crippen molar-refractivity contribution in [2.75, 3.05) is 0 Å². The molecule has 1 aromatic carbocycles. The number of hydrogen-bond acceptors (Lipinski definition) is 4. The third-order valence-corrected chi connectivity index (χ3v) is 2.10. The van der Waals surface area contributed by atoms with Crippen LogP contribution in [0, 0.1) is 23.3 Å². The number of benzene rings is 1. The highest BCUT2D eigenvalue weighted by molar-refractivity contribution is 7.81. The Morgan fingerprint density at radius 1 is 0.947 bits per heavy atom. The van der Waals surface area contributed by atoms with Crippen molar-refractivity contribution in [2.24, 2.45) is 0 Å². The van der Waals surface area contributed by atoms with Crippen molar-refractivity contribution in [3.63, 3.8) is 0 Å². The fraction of sp³-hybridized carbons (Fsp3) is 0.333. The highest BCUT2D eigenvalue weighted by Crippen LogP contribution is 2.35. The van der Waals surface area contributed by atoms with E-state index in [1.807, 2.05) is 0 Å². The maximum absolute atomic E-state index is 13.4. The first-order valence-corrected chi connectivity index (χ1v) is 6.10. The van der Waals surface area contributed by atoms with Crippen LogP contribution < -0.4 is 8.92 Å². The third kappa shape index (κ3) is 3.47. The monoisotopic (exact) mass is 304 g/mol. The van der Waals surface area contributed by atoms with Gasteiger partial charge < -0.3 is 8.92 Å². The minimum atomic E-state index is -5.35. The summed E-state index contributed by atoms with van der Waals surface area (Å²) in [5, 5.41) is 0. The molecule has 0 heterocycles. The van der Waals surface area contributed by atoms with Gasteiger partial charge in [-0.15, -0.1) is 0 Å². The van der Waals surface area contributed by atoms with Crippen molar-refractivity contribution >= 4 is 10.4 Å². The fourth-order valence-corrected chi connectivity index (χ4v) is 1.47. The van der Waals surface area contributed by atoms with Crippen molar-refractivity contribution < 1.29 is 39.5 Å². The van der Waals surface area contributed by atoms with Crippen LogP contribution in [0.1, 0.15) is 13.8 Å². The van der Waals surface area contributed by atoms with Gasteiger partial charge in [0, 0.05) is 0 Å². The van der Waals surface area contributed by atoms with Crippen LogP contribution in [0.3, 0.4) is 0 Å². The molecule has 0 aliphatic carbocycles. The highest BCUT2D eigenvalue weighted by atomic mass is 32.3. The van der Waals surface area contributed by atoms with Crippen molar-refractivity contribution in [3.05, 3.63) is 23.3 Å². The van der Waals surface area contributed by atoms with E-state index in [0.29, 0.717) is 0 Å². The Labute approximate surface area is 105 Å². The molecule has 1 aromatic rings. The van der Waals surface area contributed by atoms with Gasteiger partial charge in [-0.05, 0) is 13.8 Å². The van der Waals surface area contributed by atoms with Crippen LogP contribution in [0.2, 0.25) is 0 Å².